The molecule has 0 unspecified atom stereocenters. The first kappa shape index (κ1) is 17.1. The third kappa shape index (κ3) is 4.62. The minimum absolute atomic E-state index is 0.338. The number of rotatable bonds is 7. The van der Waals surface area contributed by atoms with Gasteiger partial charge in [-0.3, -0.25) is 0 Å². The third-order valence-corrected chi connectivity index (χ3v) is 3.17. The lowest BCUT2D eigenvalue weighted by molar-refractivity contribution is -0.132. The molecule has 0 bridgehead atoms. The number of aliphatic carboxylic acids is 1. The van der Waals surface area contributed by atoms with Crippen molar-refractivity contribution < 1.29 is 19.4 Å². The van der Waals surface area contributed by atoms with Crippen molar-refractivity contribution in [1.82, 2.24) is 0 Å². The Morgan fingerprint density at radius 2 is 1.92 bits per heavy atom. The molecule has 0 amide bonds. The maximum Gasteiger partial charge on any atom is 0.346 e. The van der Waals surface area contributed by atoms with E-state index in [-0.39, 0.29) is 5.57 Å². The van der Waals surface area contributed by atoms with E-state index in [0.29, 0.717) is 30.3 Å². The fraction of sp³-hybridized carbons (Fsp3) is 0.158. The van der Waals surface area contributed by atoms with Gasteiger partial charge in [-0.05, 0) is 36.3 Å². The molecule has 0 saturated heterocycles. The van der Waals surface area contributed by atoms with Crippen LogP contribution in [0, 0.1) is 11.3 Å². The number of nitrogens with zero attached hydrogens (tertiary/aromatic N) is 1. The van der Waals surface area contributed by atoms with Crippen LogP contribution in [0.3, 0.4) is 0 Å². The number of nitriles is 1. The van der Waals surface area contributed by atoms with Crippen molar-refractivity contribution in [3.63, 3.8) is 0 Å². The minimum atomic E-state index is -1.26. The summed E-state index contributed by atoms with van der Waals surface area (Å²) in [6.45, 7) is 2.69. The molecule has 24 heavy (non-hydrogen) atoms. The van der Waals surface area contributed by atoms with E-state index >= 15 is 0 Å². The van der Waals surface area contributed by atoms with Crippen LogP contribution in [0.1, 0.15) is 18.1 Å². The van der Waals surface area contributed by atoms with Crippen LogP contribution in [-0.4, -0.2) is 17.7 Å². The molecule has 2 rings (SSSR count). The highest BCUT2D eigenvalue weighted by Gasteiger charge is 2.09. The van der Waals surface area contributed by atoms with Crippen molar-refractivity contribution in [3.05, 3.63) is 65.2 Å². The van der Waals surface area contributed by atoms with Crippen molar-refractivity contribution in [2.24, 2.45) is 0 Å². The number of carboxylic acid groups (broad SMARTS) is 1. The van der Waals surface area contributed by atoms with Crippen LogP contribution < -0.4 is 9.47 Å². The monoisotopic (exact) mass is 323 g/mol. The van der Waals surface area contributed by atoms with Crippen LogP contribution in [0.4, 0.5) is 0 Å². The molecule has 0 saturated carbocycles. The van der Waals surface area contributed by atoms with Crippen LogP contribution in [0.15, 0.2) is 54.1 Å². The summed E-state index contributed by atoms with van der Waals surface area (Å²) in [5.41, 5.74) is 1.25. The molecule has 0 aliphatic heterocycles. The molecule has 0 aromatic heterocycles. The Labute approximate surface area is 140 Å². The van der Waals surface area contributed by atoms with Gasteiger partial charge in [-0.15, -0.1) is 0 Å². The lowest BCUT2D eigenvalue weighted by Crippen LogP contribution is -2.00. The molecular weight excluding hydrogens is 306 g/mol. The molecule has 0 aliphatic rings. The number of carbonyl (C=O) groups is 1. The van der Waals surface area contributed by atoms with Crippen molar-refractivity contribution in [1.29, 1.82) is 5.26 Å². The Balaban J connectivity index is 2.23. The van der Waals surface area contributed by atoms with E-state index in [2.05, 4.69) is 0 Å². The van der Waals surface area contributed by atoms with Crippen LogP contribution in [-0.2, 0) is 11.4 Å². The number of hydrogen-bond donors (Lipinski definition) is 1. The summed E-state index contributed by atoms with van der Waals surface area (Å²) in [4.78, 5) is 10.9. The molecule has 0 fully saturated rings. The maximum atomic E-state index is 10.9. The highest BCUT2D eigenvalue weighted by Crippen LogP contribution is 2.30. The van der Waals surface area contributed by atoms with Gasteiger partial charge in [0.15, 0.2) is 11.5 Å². The molecule has 2 aromatic rings. The molecule has 1 N–H and O–H groups in total. The van der Waals surface area contributed by atoms with Crippen molar-refractivity contribution in [2.45, 2.75) is 13.5 Å². The summed E-state index contributed by atoms with van der Waals surface area (Å²) in [5, 5.41) is 17.8. The average molecular weight is 323 g/mol. The minimum Gasteiger partial charge on any atom is -0.490 e. The number of ether oxygens (including phenoxy) is 2. The highest BCUT2D eigenvalue weighted by molar-refractivity contribution is 5.96. The quantitative estimate of drug-likeness (QED) is 0.621. The van der Waals surface area contributed by atoms with Gasteiger partial charge in [0, 0.05) is 0 Å². The Morgan fingerprint density at radius 1 is 1.17 bits per heavy atom. The van der Waals surface area contributed by atoms with Gasteiger partial charge in [-0.2, -0.15) is 5.26 Å². The van der Waals surface area contributed by atoms with Gasteiger partial charge in [-0.25, -0.2) is 4.79 Å². The van der Waals surface area contributed by atoms with E-state index in [9.17, 15) is 4.79 Å². The van der Waals surface area contributed by atoms with Gasteiger partial charge in [0.1, 0.15) is 18.2 Å². The standard InChI is InChI=1S/C19H17NO4/c1-2-23-18-11-15(10-16(12-20)19(21)22)8-9-17(18)24-13-14-6-4-3-5-7-14/h3-11H,2,13H2,1H3,(H,21,22). The Kier molecular flexibility index (Phi) is 5.98. The molecule has 5 heteroatoms. The number of benzene rings is 2. The number of carboxylic acids is 1. The normalized spacial score (nSPS) is 10.8. The zero-order valence-corrected chi connectivity index (χ0v) is 13.2. The van der Waals surface area contributed by atoms with E-state index < -0.39 is 5.97 Å². The van der Waals surface area contributed by atoms with Crippen LogP contribution in [0.2, 0.25) is 0 Å². The van der Waals surface area contributed by atoms with E-state index in [1.807, 2.05) is 37.3 Å². The summed E-state index contributed by atoms with van der Waals surface area (Å²) >= 11 is 0. The SMILES string of the molecule is CCOc1cc(C=C(C#N)C(=O)O)ccc1OCc1ccccc1. The zero-order chi connectivity index (χ0) is 17.4. The van der Waals surface area contributed by atoms with Gasteiger partial charge in [0.05, 0.1) is 6.61 Å². The molecule has 0 spiro atoms. The molecule has 5 nitrogen and oxygen atoms in total. The van der Waals surface area contributed by atoms with E-state index in [4.69, 9.17) is 19.8 Å². The average Bonchev–Trinajstić information content (AvgIpc) is 2.60. The zero-order valence-electron chi connectivity index (χ0n) is 13.2. The third-order valence-electron chi connectivity index (χ3n) is 3.17. The second kappa shape index (κ2) is 8.39. The predicted molar refractivity (Wildman–Crippen MR) is 89.6 cm³/mol. The largest absolute Gasteiger partial charge is 0.490 e. The van der Waals surface area contributed by atoms with E-state index in [1.165, 1.54) is 6.08 Å². The summed E-state index contributed by atoms with van der Waals surface area (Å²) in [5.74, 6) is -0.198. The van der Waals surface area contributed by atoms with Gasteiger partial charge in [-0.1, -0.05) is 36.4 Å². The highest BCUT2D eigenvalue weighted by atomic mass is 16.5. The van der Waals surface area contributed by atoms with E-state index in [1.54, 1.807) is 24.3 Å². The molecule has 0 heterocycles. The molecule has 2 aromatic carbocycles. The van der Waals surface area contributed by atoms with Crippen molar-refractivity contribution in [2.75, 3.05) is 6.61 Å². The Morgan fingerprint density at radius 3 is 2.54 bits per heavy atom. The lowest BCUT2D eigenvalue weighted by atomic mass is 10.1. The first-order valence-electron chi connectivity index (χ1n) is 7.42. The summed E-state index contributed by atoms with van der Waals surface area (Å²) in [7, 11) is 0. The van der Waals surface area contributed by atoms with Gasteiger partial charge < -0.3 is 14.6 Å². The molecule has 0 atom stereocenters. The Bertz CT molecular complexity index is 776. The second-order valence-electron chi connectivity index (χ2n) is 4.89. The van der Waals surface area contributed by atoms with Gasteiger partial charge in [0.2, 0.25) is 0 Å². The molecule has 122 valence electrons. The topological polar surface area (TPSA) is 79.5 Å². The molecule has 0 radical (unpaired) electrons. The maximum absolute atomic E-state index is 10.9. The van der Waals surface area contributed by atoms with Crippen LogP contribution in [0.25, 0.3) is 6.08 Å². The van der Waals surface area contributed by atoms with Crippen molar-refractivity contribution >= 4 is 12.0 Å². The first-order chi connectivity index (χ1) is 11.6. The van der Waals surface area contributed by atoms with Crippen LogP contribution >= 0.6 is 0 Å². The summed E-state index contributed by atoms with van der Waals surface area (Å²) < 4.78 is 11.3. The Hall–Kier alpha value is -3.26. The number of hydrogen-bond acceptors (Lipinski definition) is 4. The smallest absolute Gasteiger partial charge is 0.346 e. The predicted octanol–water partition coefficient (Wildman–Crippen LogP) is 3.66. The van der Waals surface area contributed by atoms with Gasteiger partial charge in [0.25, 0.3) is 0 Å². The van der Waals surface area contributed by atoms with Gasteiger partial charge >= 0.3 is 5.97 Å². The lowest BCUT2D eigenvalue weighted by Gasteiger charge is -2.12. The first-order valence-corrected chi connectivity index (χ1v) is 7.42. The molecular formula is C19H17NO4. The second-order valence-corrected chi connectivity index (χ2v) is 4.89. The summed E-state index contributed by atoms with van der Waals surface area (Å²) in [6.07, 6.45) is 1.30. The fourth-order valence-corrected chi connectivity index (χ4v) is 2.05. The summed E-state index contributed by atoms with van der Waals surface area (Å²) in [6, 6.07) is 16.4. The van der Waals surface area contributed by atoms with Crippen molar-refractivity contribution in [3.8, 4) is 17.6 Å². The fourth-order valence-electron chi connectivity index (χ4n) is 2.05. The molecule has 0 aliphatic carbocycles. The van der Waals surface area contributed by atoms with Crippen LogP contribution in [0.5, 0.6) is 11.5 Å². The van der Waals surface area contributed by atoms with E-state index in [0.717, 1.165) is 5.56 Å².